The van der Waals surface area contributed by atoms with E-state index >= 15 is 0 Å². The number of nitrogens with zero attached hydrogens (tertiary/aromatic N) is 3. The highest BCUT2D eigenvalue weighted by Crippen LogP contribution is 2.58. The van der Waals surface area contributed by atoms with Crippen molar-refractivity contribution in [2.75, 3.05) is 7.05 Å². The Morgan fingerprint density at radius 2 is 1.09 bits per heavy atom. The number of fused-ring (bicyclic) bond motifs is 6. The van der Waals surface area contributed by atoms with E-state index in [9.17, 15) is 0 Å². The fourth-order valence-electron chi connectivity index (χ4n) is 8.36. The zero-order chi connectivity index (χ0) is 30.3. The smallest absolute Gasteiger partial charge is 0.281 e. The molecule has 9 rings (SSSR count). The van der Waals surface area contributed by atoms with E-state index in [-0.39, 0.29) is 0 Å². The minimum atomic E-state index is -0.619. The maximum atomic E-state index is 4.49. The van der Waals surface area contributed by atoms with Crippen LogP contribution in [0.3, 0.4) is 0 Å². The Labute approximate surface area is 263 Å². The number of rotatable bonds is 4. The predicted octanol–water partition coefficient (Wildman–Crippen LogP) is 8.14. The molecule has 2 heterocycles. The molecule has 4 heteroatoms. The summed E-state index contributed by atoms with van der Waals surface area (Å²) in [5.41, 5.74) is 14.8. The highest BCUT2D eigenvalue weighted by molar-refractivity contribution is 5.86. The number of allylic oxidation sites excluding steroid dienone is 2. The van der Waals surface area contributed by atoms with E-state index in [1.807, 2.05) is 6.20 Å². The maximum absolute atomic E-state index is 4.49. The molecule has 4 nitrogen and oxygen atoms in total. The molecule has 0 spiro atoms. The quantitative estimate of drug-likeness (QED) is 0.210. The predicted molar refractivity (Wildman–Crippen MR) is 177 cm³/mol. The zero-order valence-electron chi connectivity index (χ0n) is 25.5. The lowest BCUT2D eigenvalue weighted by Crippen LogP contribution is -2.39. The molecule has 1 aliphatic heterocycles. The molecule has 5 aromatic carbocycles. The van der Waals surface area contributed by atoms with E-state index in [1.165, 1.54) is 67.0 Å². The number of aromatic amines is 1. The van der Waals surface area contributed by atoms with E-state index in [2.05, 4.69) is 174 Å². The largest absolute Gasteiger partial charge is 0.490 e. The Balaban J connectivity index is 1.42. The van der Waals surface area contributed by atoms with Crippen LogP contribution in [-0.4, -0.2) is 32.4 Å². The summed E-state index contributed by atoms with van der Waals surface area (Å²) in [6.45, 7) is 4.40. The maximum Gasteiger partial charge on any atom is 0.490 e. The molecule has 0 saturated heterocycles. The van der Waals surface area contributed by atoms with Crippen molar-refractivity contribution in [3.8, 4) is 22.3 Å². The van der Waals surface area contributed by atoms with E-state index in [0.29, 0.717) is 0 Å². The van der Waals surface area contributed by atoms with E-state index in [1.54, 1.807) is 0 Å². The number of hydrogen-bond donors (Lipinski definition) is 1. The van der Waals surface area contributed by atoms with Gasteiger partial charge in [-0.2, -0.15) is 5.10 Å². The zero-order valence-corrected chi connectivity index (χ0v) is 25.5. The Morgan fingerprint density at radius 1 is 0.578 bits per heavy atom. The molecule has 6 aromatic rings. The summed E-state index contributed by atoms with van der Waals surface area (Å²) in [4.78, 5) is 0. The highest BCUT2D eigenvalue weighted by Gasteiger charge is 2.59. The highest BCUT2D eigenvalue weighted by atomic mass is 15.2. The Hall–Kier alpha value is -5.57. The first-order chi connectivity index (χ1) is 22.1. The van der Waals surface area contributed by atoms with Crippen molar-refractivity contribution in [3.05, 3.63) is 184 Å². The van der Waals surface area contributed by atoms with Gasteiger partial charge in [-0.1, -0.05) is 124 Å². The van der Waals surface area contributed by atoms with Gasteiger partial charge >= 0.3 is 6.01 Å². The van der Waals surface area contributed by atoms with Gasteiger partial charge in [-0.25, -0.2) is 0 Å². The fourth-order valence-corrected chi connectivity index (χ4v) is 8.36. The SMILES string of the molecule is CC1=C(C)[N+](C2(c3cccc(C4(c5ccn[nH]5)c5ccccc5-c5ccccc54)c3)c3ccccc3-c3ccccc32)=C=[N+]1C. The van der Waals surface area contributed by atoms with Gasteiger partial charge in [0.15, 0.2) is 7.05 Å². The molecule has 0 bridgehead atoms. The van der Waals surface area contributed by atoms with Crippen molar-refractivity contribution in [3.63, 3.8) is 0 Å². The molecule has 0 unspecified atom stereocenters. The van der Waals surface area contributed by atoms with Crippen LogP contribution in [0.2, 0.25) is 0 Å². The van der Waals surface area contributed by atoms with E-state index < -0.39 is 11.0 Å². The average Bonchev–Trinajstić information content (AvgIpc) is 3.85. The first-order valence-electron chi connectivity index (χ1n) is 15.5. The van der Waals surface area contributed by atoms with Gasteiger partial charge in [-0.15, -0.1) is 0 Å². The van der Waals surface area contributed by atoms with Crippen LogP contribution < -0.4 is 0 Å². The van der Waals surface area contributed by atoms with Crippen molar-refractivity contribution in [1.29, 1.82) is 0 Å². The summed E-state index contributed by atoms with van der Waals surface area (Å²) >= 11 is 0. The Kier molecular flexibility index (Phi) is 5.30. The molecule has 0 saturated carbocycles. The lowest BCUT2D eigenvalue weighted by molar-refractivity contribution is -0.548. The van der Waals surface area contributed by atoms with Crippen LogP contribution in [0.4, 0.5) is 0 Å². The van der Waals surface area contributed by atoms with Crippen LogP contribution >= 0.6 is 0 Å². The van der Waals surface area contributed by atoms with Crippen LogP contribution in [0.5, 0.6) is 0 Å². The summed E-state index contributed by atoms with van der Waals surface area (Å²) in [6.07, 6.45) is 1.87. The number of benzene rings is 5. The van der Waals surface area contributed by atoms with Crippen molar-refractivity contribution in [2.45, 2.75) is 24.8 Å². The van der Waals surface area contributed by atoms with Crippen LogP contribution in [-0.2, 0) is 11.0 Å². The molecular formula is C41H32N4+2. The molecule has 1 aromatic heterocycles. The monoisotopic (exact) mass is 580 g/mol. The van der Waals surface area contributed by atoms with Crippen LogP contribution in [0.25, 0.3) is 22.3 Å². The molecule has 0 amide bonds. The summed E-state index contributed by atoms with van der Waals surface area (Å²) in [5.74, 6) is 0. The molecule has 0 atom stereocenters. The summed E-state index contributed by atoms with van der Waals surface area (Å²) in [5, 5.41) is 7.91. The molecule has 0 fully saturated rings. The second-order valence-electron chi connectivity index (χ2n) is 12.4. The first-order valence-corrected chi connectivity index (χ1v) is 15.5. The summed E-state index contributed by atoms with van der Waals surface area (Å²) in [6, 6.07) is 50.6. The number of aromatic nitrogens is 2. The lowest BCUT2D eigenvalue weighted by atomic mass is 9.68. The number of H-pyrrole nitrogens is 1. The standard InChI is InChI=1S/C41H32N4/c1-27-28(2)45(26-44(27)3)41(37-21-10-6-17-33(37)34-18-7-11-22-38(34)41)30-14-12-13-29(25-30)40(39-23-24-42-43-39)35-19-8-4-15-31(35)32-16-5-9-20-36(32)40/h4-25H,1-3H3,(H,42,43)/q+2. The van der Waals surface area contributed by atoms with Crippen LogP contribution in [0, 0.1) is 0 Å². The Bertz CT molecular complexity index is 2210. The van der Waals surface area contributed by atoms with Gasteiger partial charge in [0.1, 0.15) is 0 Å². The third kappa shape index (κ3) is 3.14. The van der Waals surface area contributed by atoms with Gasteiger partial charge in [0.2, 0.25) is 0 Å². The second kappa shape index (κ2) is 9.22. The fraction of sp³-hybridized carbons (Fsp3) is 0.122. The van der Waals surface area contributed by atoms with Crippen molar-refractivity contribution < 1.29 is 9.15 Å². The number of nitrogens with one attached hydrogen (secondary N) is 1. The van der Waals surface area contributed by atoms with Gasteiger partial charge in [0.25, 0.3) is 16.9 Å². The number of hydrogen-bond acceptors (Lipinski definition) is 1. The van der Waals surface area contributed by atoms with Crippen molar-refractivity contribution in [2.24, 2.45) is 0 Å². The normalized spacial score (nSPS) is 16.5. The first kappa shape index (κ1) is 25.9. The van der Waals surface area contributed by atoms with Crippen molar-refractivity contribution >= 4 is 6.01 Å². The molecule has 214 valence electrons. The molecule has 3 aliphatic rings. The van der Waals surface area contributed by atoms with Gasteiger partial charge in [0.05, 0.1) is 11.1 Å². The van der Waals surface area contributed by atoms with Crippen LogP contribution in [0.1, 0.15) is 52.9 Å². The van der Waals surface area contributed by atoms with Gasteiger partial charge < -0.3 is 0 Å². The molecule has 2 aliphatic carbocycles. The van der Waals surface area contributed by atoms with E-state index in [4.69, 9.17) is 0 Å². The minimum absolute atomic E-state index is 0.561. The van der Waals surface area contributed by atoms with Crippen molar-refractivity contribution in [1.82, 2.24) is 10.2 Å². The van der Waals surface area contributed by atoms with Gasteiger partial charge in [-0.05, 0) is 51.1 Å². The topological polar surface area (TPSA) is 34.7 Å². The van der Waals surface area contributed by atoms with E-state index in [0.717, 1.165) is 5.69 Å². The summed E-state index contributed by atoms with van der Waals surface area (Å²) in [7, 11) is 2.09. The van der Waals surface area contributed by atoms with Gasteiger partial charge in [0, 0.05) is 36.7 Å². The molecular weight excluding hydrogens is 548 g/mol. The molecule has 0 radical (unpaired) electrons. The van der Waals surface area contributed by atoms with Crippen LogP contribution in [0.15, 0.2) is 145 Å². The van der Waals surface area contributed by atoms with Gasteiger partial charge in [-0.3, -0.25) is 5.10 Å². The minimum Gasteiger partial charge on any atom is -0.281 e. The molecule has 1 N–H and O–H groups in total. The third-order valence-electron chi connectivity index (χ3n) is 10.4. The summed E-state index contributed by atoms with van der Waals surface area (Å²) < 4.78 is 4.51. The molecule has 45 heavy (non-hydrogen) atoms. The Morgan fingerprint density at radius 3 is 1.60 bits per heavy atom. The second-order valence-corrected chi connectivity index (χ2v) is 12.4. The lowest BCUT2D eigenvalue weighted by Gasteiger charge is -2.33. The third-order valence-corrected chi connectivity index (χ3v) is 10.4. The average molecular weight is 581 g/mol.